The molecule has 106 valence electrons. The molecule has 0 saturated carbocycles. The van der Waals surface area contributed by atoms with Gasteiger partial charge in [0.15, 0.2) is 0 Å². The van der Waals surface area contributed by atoms with Gasteiger partial charge in [0.2, 0.25) is 5.76 Å². The van der Waals surface area contributed by atoms with E-state index < -0.39 is 5.97 Å². The Morgan fingerprint density at radius 3 is 2.57 bits per heavy atom. The number of rotatable bonds is 4. The van der Waals surface area contributed by atoms with Gasteiger partial charge in [0.25, 0.3) is 0 Å². The van der Waals surface area contributed by atoms with Crippen molar-refractivity contribution in [2.45, 2.75) is 10.6 Å². The smallest absolute Gasteiger partial charge is 0.372 e. The molecular weight excluding hydrogens is 291 g/mol. The van der Waals surface area contributed by atoms with Crippen molar-refractivity contribution in [3.63, 3.8) is 0 Å². The summed E-state index contributed by atoms with van der Waals surface area (Å²) in [6.07, 6.45) is 0. The van der Waals surface area contributed by atoms with Gasteiger partial charge < -0.3 is 9.52 Å². The topological polar surface area (TPSA) is 50.4 Å². The Kier molecular flexibility index (Phi) is 3.66. The van der Waals surface area contributed by atoms with Crippen LogP contribution in [0, 0.1) is 5.82 Å². The predicted octanol–water partition coefficient (Wildman–Crippen LogP) is 4.56. The number of aromatic carboxylic acids is 1. The van der Waals surface area contributed by atoms with E-state index in [-0.39, 0.29) is 11.6 Å². The molecule has 0 aliphatic carbocycles. The molecular formula is C16H11FO3S. The van der Waals surface area contributed by atoms with Crippen molar-refractivity contribution in [3.05, 3.63) is 65.7 Å². The fraction of sp³-hybridized carbons (Fsp3) is 0.0625. The third-order valence-corrected chi connectivity index (χ3v) is 4.13. The van der Waals surface area contributed by atoms with Crippen LogP contribution in [0.5, 0.6) is 0 Å². The van der Waals surface area contributed by atoms with E-state index in [0.717, 1.165) is 10.3 Å². The molecule has 21 heavy (non-hydrogen) atoms. The number of thioether (sulfide) groups is 1. The molecule has 0 bridgehead atoms. The fourth-order valence-electron chi connectivity index (χ4n) is 2.10. The number of halogens is 1. The van der Waals surface area contributed by atoms with Crippen molar-refractivity contribution >= 4 is 28.7 Å². The van der Waals surface area contributed by atoms with E-state index in [2.05, 4.69) is 0 Å². The van der Waals surface area contributed by atoms with Gasteiger partial charge in [-0.3, -0.25) is 0 Å². The maximum absolute atomic E-state index is 12.9. The van der Waals surface area contributed by atoms with Crippen LogP contribution in [0.15, 0.2) is 57.8 Å². The second-order valence-corrected chi connectivity index (χ2v) is 5.50. The lowest BCUT2D eigenvalue weighted by molar-refractivity contribution is 0.0664. The molecule has 1 heterocycles. The van der Waals surface area contributed by atoms with Crippen LogP contribution >= 0.6 is 11.8 Å². The maximum atomic E-state index is 12.9. The molecule has 0 fully saturated rings. The van der Waals surface area contributed by atoms with Crippen LogP contribution in [0.25, 0.3) is 11.0 Å². The third-order valence-electron chi connectivity index (χ3n) is 3.09. The van der Waals surface area contributed by atoms with Gasteiger partial charge in [0, 0.05) is 21.6 Å². The number of hydrogen-bond donors (Lipinski definition) is 1. The largest absolute Gasteiger partial charge is 0.475 e. The first kappa shape index (κ1) is 13.7. The van der Waals surface area contributed by atoms with Gasteiger partial charge in [-0.1, -0.05) is 18.2 Å². The van der Waals surface area contributed by atoms with Crippen LogP contribution in [0.4, 0.5) is 4.39 Å². The van der Waals surface area contributed by atoms with Crippen molar-refractivity contribution in [1.29, 1.82) is 0 Å². The molecule has 5 heteroatoms. The monoisotopic (exact) mass is 302 g/mol. The first-order chi connectivity index (χ1) is 10.1. The molecule has 0 saturated heterocycles. The molecule has 0 unspecified atom stereocenters. The Hall–Kier alpha value is -2.27. The number of fused-ring (bicyclic) bond motifs is 1. The first-order valence-electron chi connectivity index (χ1n) is 6.27. The minimum Gasteiger partial charge on any atom is -0.475 e. The standard InChI is InChI=1S/C16H11FO3S/c17-10-5-7-11(8-6-10)21-9-13-12-3-1-2-4-14(12)20-15(13)16(18)19/h1-8H,9H2,(H,18,19). The Morgan fingerprint density at radius 2 is 1.86 bits per heavy atom. The molecule has 3 aromatic rings. The van der Waals surface area contributed by atoms with E-state index in [9.17, 15) is 14.3 Å². The molecule has 1 aromatic heterocycles. The number of furan rings is 1. The van der Waals surface area contributed by atoms with Gasteiger partial charge in [0.1, 0.15) is 11.4 Å². The highest BCUT2D eigenvalue weighted by molar-refractivity contribution is 7.98. The molecule has 0 amide bonds. The molecule has 2 aromatic carbocycles. The average Bonchev–Trinajstić information content (AvgIpc) is 2.86. The molecule has 0 radical (unpaired) electrons. The lowest BCUT2D eigenvalue weighted by Gasteiger charge is -2.01. The highest BCUT2D eigenvalue weighted by Gasteiger charge is 2.19. The Morgan fingerprint density at radius 1 is 1.14 bits per heavy atom. The summed E-state index contributed by atoms with van der Waals surface area (Å²) in [5.41, 5.74) is 1.21. The molecule has 3 nitrogen and oxygen atoms in total. The van der Waals surface area contributed by atoms with E-state index in [4.69, 9.17) is 4.42 Å². The quantitative estimate of drug-likeness (QED) is 0.718. The van der Waals surface area contributed by atoms with Gasteiger partial charge >= 0.3 is 5.97 Å². The SMILES string of the molecule is O=C(O)c1oc2ccccc2c1CSc1ccc(F)cc1. The normalized spacial score (nSPS) is 10.9. The summed E-state index contributed by atoms with van der Waals surface area (Å²) >= 11 is 1.44. The number of benzene rings is 2. The molecule has 3 rings (SSSR count). The van der Waals surface area contributed by atoms with Gasteiger partial charge in [-0.25, -0.2) is 9.18 Å². The highest BCUT2D eigenvalue weighted by atomic mass is 32.2. The van der Waals surface area contributed by atoms with E-state index >= 15 is 0 Å². The number of carboxylic acids is 1. The van der Waals surface area contributed by atoms with Crippen LogP contribution < -0.4 is 0 Å². The zero-order valence-electron chi connectivity index (χ0n) is 10.9. The van der Waals surface area contributed by atoms with Crippen molar-refractivity contribution in [2.75, 3.05) is 0 Å². The summed E-state index contributed by atoms with van der Waals surface area (Å²) in [7, 11) is 0. The Labute approximate surface area is 124 Å². The van der Waals surface area contributed by atoms with Crippen molar-refractivity contribution in [3.8, 4) is 0 Å². The minimum atomic E-state index is -1.08. The zero-order chi connectivity index (χ0) is 14.8. The van der Waals surface area contributed by atoms with Gasteiger partial charge in [-0.15, -0.1) is 11.8 Å². The van der Waals surface area contributed by atoms with Gasteiger partial charge in [0.05, 0.1) is 0 Å². The van der Waals surface area contributed by atoms with Gasteiger partial charge in [-0.2, -0.15) is 0 Å². The zero-order valence-corrected chi connectivity index (χ0v) is 11.7. The molecule has 0 aliphatic heterocycles. The molecule has 0 spiro atoms. The maximum Gasteiger partial charge on any atom is 0.372 e. The van der Waals surface area contributed by atoms with Crippen LogP contribution in [-0.4, -0.2) is 11.1 Å². The van der Waals surface area contributed by atoms with Crippen LogP contribution in [-0.2, 0) is 5.75 Å². The number of carbonyl (C=O) groups is 1. The Balaban J connectivity index is 1.93. The summed E-state index contributed by atoms with van der Waals surface area (Å²) in [6, 6.07) is 13.3. The van der Waals surface area contributed by atoms with Crippen molar-refractivity contribution in [1.82, 2.24) is 0 Å². The third kappa shape index (κ3) is 2.78. The number of carboxylic acid groups (broad SMARTS) is 1. The first-order valence-corrected chi connectivity index (χ1v) is 7.26. The summed E-state index contributed by atoms with van der Waals surface area (Å²) in [5.74, 6) is -0.962. The average molecular weight is 302 g/mol. The fourth-order valence-corrected chi connectivity index (χ4v) is 3.03. The molecule has 0 atom stereocenters. The van der Waals surface area contributed by atoms with Crippen molar-refractivity contribution in [2.24, 2.45) is 0 Å². The van der Waals surface area contributed by atoms with Crippen LogP contribution in [0.1, 0.15) is 16.1 Å². The summed E-state index contributed by atoms with van der Waals surface area (Å²) in [5, 5.41) is 10.0. The van der Waals surface area contributed by atoms with Crippen LogP contribution in [0.3, 0.4) is 0 Å². The van der Waals surface area contributed by atoms with Crippen molar-refractivity contribution < 1.29 is 18.7 Å². The van der Waals surface area contributed by atoms with E-state index in [1.54, 1.807) is 24.3 Å². The molecule has 1 N–H and O–H groups in total. The lowest BCUT2D eigenvalue weighted by Crippen LogP contribution is -1.97. The summed E-state index contributed by atoms with van der Waals surface area (Å²) < 4.78 is 18.3. The number of para-hydroxylation sites is 1. The van der Waals surface area contributed by atoms with Crippen LogP contribution in [0.2, 0.25) is 0 Å². The highest BCUT2D eigenvalue weighted by Crippen LogP contribution is 2.32. The van der Waals surface area contributed by atoms with Gasteiger partial charge in [-0.05, 0) is 30.3 Å². The second kappa shape index (κ2) is 5.61. The summed E-state index contributed by atoms with van der Waals surface area (Å²) in [6.45, 7) is 0. The lowest BCUT2D eigenvalue weighted by atomic mass is 10.1. The van der Waals surface area contributed by atoms with E-state index in [0.29, 0.717) is 16.9 Å². The van der Waals surface area contributed by atoms with E-state index in [1.165, 1.54) is 23.9 Å². The number of hydrogen-bond acceptors (Lipinski definition) is 3. The predicted molar refractivity (Wildman–Crippen MR) is 79.1 cm³/mol. The summed E-state index contributed by atoms with van der Waals surface area (Å²) in [4.78, 5) is 12.2. The van der Waals surface area contributed by atoms with E-state index in [1.807, 2.05) is 12.1 Å². The second-order valence-electron chi connectivity index (χ2n) is 4.45. The minimum absolute atomic E-state index is 0.0363. The molecule has 0 aliphatic rings. The Bertz CT molecular complexity index is 793.